The zero-order valence-corrected chi connectivity index (χ0v) is 11.6. The molecule has 1 N–H and O–H groups in total. The molecule has 2 saturated heterocycles. The van der Waals surface area contributed by atoms with E-state index < -0.39 is 0 Å². The monoisotopic (exact) mass is 308 g/mol. The van der Waals surface area contributed by atoms with Crippen molar-refractivity contribution in [3.63, 3.8) is 0 Å². The summed E-state index contributed by atoms with van der Waals surface area (Å²) in [5, 5.41) is 3.37. The van der Waals surface area contributed by atoms with Gasteiger partial charge in [0.2, 0.25) is 10.4 Å². The minimum absolute atomic E-state index is 0.552. The van der Waals surface area contributed by atoms with Gasteiger partial charge in [0.1, 0.15) is 6.54 Å². The molecule has 0 aromatic rings. The lowest BCUT2D eigenvalue weighted by molar-refractivity contribution is -0.654. The largest absolute Gasteiger partial charge is 0.348 e. The average Bonchev–Trinajstić information content (AvgIpc) is 3.15. The van der Waals surface area contributed by atoms with Gasteiger partial charge in [-0.15, -0.1) is 0 Å². The van der Waals surface area contributed by atoms with Crippen LogP contribution < -0.4 is 5.32 Å². The van der Waals surface area contributed by atoms with E-state index in [1.54, 1.807) is 0 Å². The normalized spacial score (nSPS) is 37.3. The smallest absolute Gasteiger partial charge is 0.277 e. The van der Waals surface area contributed by atoms with E-state index in [0.29, 0.717) is 6.04 Å². The van der Waals surface area contributed by atoms with Crippen LogP contribution >= 0.6 is 15.9 Å². The first kappa shape index (κ1) is 10.9. The molecule has 0 aromatic carbocycles. The summed E-state index contributed by atoms with van der Waals surface area (Å²) < 4.78 is 1.98. The van der Waals surface area contributed by atoms with Crippen LogP contribution in [0, 0.1) is 0 Å². The van der Waals surface area contributed by atoms with Gasteiger partial charge in [-0.25, -0.2) is 14.5 Å². The molecule has 6 heteroatoms. The standard InChI is InChI=1S/C12H15BrN5/c13-10-7-16-11(17-5-3-14-4-6-17)12-15-2-1-9-8-18(9,10)12/h1-2,7,9,14H,3-6,8H2/q+1. The number of nitrogens with zero attached hydrogens (tertiary/aromatic N) is 4. The maximum Gasteiger partial charge on any atom is 0.277 e. The summed E-state index contributed by atoms with van der Waals surface area (Å²) in [6.07, 6.45) is 6.08. The van der Waals surface area contributed by atoms with Gasteiger partial charge in [0.05, 0.1) is 6.20 Å². The predicted octanol–water partition coefficient (Wildman–Crippen LogP) is 0.622. The molecule has 0 aliphatic carbocycles. The highest BCUT2D eigenvalue weighted by Gasteiger charge is 2.64. The van der Waals surface area contributed by atoms with Gasteiger partial charge in [-0.05, 0) is 6.08 Å². The molecular formula is C12H15BrN5+. The van der Waals surface area contributed by atoms with Crippen LogP contribution in [0.15, 0.2) is 33.1 Å². The summed E-state index contributed by atoms with van der Waals surface area (Å²) in [7, 11) is 0. The third-order valence-electron chi connectivity index (χ3n) is 4.08. The minimum Gasteiger partial charge on any atom is -0.348 e. The second-order valence-corrected chi connectivity index (χ2v) is 5.87. The summed E-state index contributed by atoms with van der Waals surface area (Å²) in [5.41, 5.74) is 0. The van der Waals surface area contributed by atoms with Crippen LogP contribution in [0.25, 0.3) is 0 Å². The Labute approximate surface area is 114 Å². The molecule has 0 saturated carbocycles. The highest BCUT2D eigenvalue weighted by atomic mass is 79.9. The van der Waals surface area contributed by atoms with Crippen molar-refractivity contribution >= 4 is 27.6 Å². The molecule has 2 fully saturated rings. The number of amidine groups is 2. The van der Waals surface area contributed by atoms with Crippen molar-refractivity contribution < 1.29 is 4.48 Å². The summed E-state index contributed by atoms with van der Waals surface area (Å²) in [4.78, 5) is 11.6. The second kappa shape index (κ2) is 3.76. The van der Waals surface area contributed by atoms with E-state index in [1.807, 2.05) is 12.4 Å². The Morgan fingerprint density at radius 1 is 1.33 bits per heavy atom. The van der Waals surface area contributed by atoms with Gasteiger partial charge in [0.25, 0.3) is 5.84 Å². The highest BCUT2D eigenvalue weighted by molar-refractivity contribution is 9.11. The molecule has 4 aliphatic heterocycles. The maximum absolute atomic E-state index is 4.62. The Balaban J connectivity index is 1.74. The van der Waals surface area contributed by atoms with Crippen molar-refractivity contribution in [3.8, 4) is 0 Å². The molecule has 18 heavy (non-hydrogen) atoms. The zero-order valence-electron chi connectivity index (χ0n) is 10.0. The van der Waals surface area contributed by atoms with Crippen molar-refractivity contribution in [2.45, 2.75) is 6.04 Å². The average molecular weight is 309 g/mol. The topological polar surface area (TPSA) is 40.0 Å². The molecule has 0 aromatic heterocycles. The number of piperazine rings is 1. The Kier molecular flexibility index (Phi) is 2.27. The van der Waals surface area contributed by atoms with Crippen molar-refractivity contribution in [3.05, 3.63) is 23.1 Å². The van der Waals surface area contributed by atoms with Crippen molar-refractivity contribution in [1.82, 2.24) is 10.2 Å². The molecule has 94 valence electrons. The fourth-order valence-corrected chi connectivity index (χ4v) is 3.65. The first-order valence-electron chi connectivity index (χ1n) is 6.35. The van der Waals surface area contributed by atoms with Gasteiger partial charge in [-0.3, -0.25) is 0 Å². The van der Waals surface area contributed by atoms with E-state index in [2.05, 4.69) is 42.2 Å². The molecule has 4 rings (SSSR count). The molecule has 0 bridgehead atoms. The number of nitrogens with one attached hydrogen (secondary N) is 1. The number of rotatable bonds is 0. The van der Waals surface area contributed by atoms with Crippen LogP contribution in [0.5, 0.6) is 0 Å². The third kappa shape index (κ3) is 1.34. The fourth-order valence-electron chi connectivity index (χ4n) is 2.97. The van der Waals surface area contributed by atoms with Gasteiger partial charge >= 0.3 is 0 Å². The summed E-state index contributed by atoms with van der Waals surface area (Å²) >= 11 is 3.66. The van der Waals surface area contributed by atoms with Crippen LogP contribution in [-0.2, 0) is 0 Å². The van der Waals surface area contributed by atoms with Crippen LogP contribution in [0.3, 0.4) is 0 Å². The minimum atomic E-state index is 0.552. The molecule has 4 aliphatic rings. The Bertz CT molecular complexity index is 515. The summed E-state index contributed by atoms with van der Waals surface area (Å²) in [6, 6.07) is 0.552. The van der Waals surface area contributed by atoms with Gasteiger partial charge in [-0.1, -0.05) is 0 Å². The maximum atomic E-state index is 4.62. The van der Waals surface area contributed by atoms with Crippen LogP contribution in [0.4, 0.5) is 0 Å². The quantitative estimate of drug-likeness (QED) is 0.405. The lowest BCUT2D eigenvalue weighted by Crippen LogP contribution is -2.54. The summed E-state index contributed by atoms with van der Waals surface area (Å²) in [5.74, 6) is 2.17. The molecule has 4 heterocycles. The third-order valence-corrected chi connectivity index (χ3v) is 4.92. The molecule has 0 amide bonds. The zero-order chi connectivity index (χ0) is 12.2. The molecule has 2 atom stereocenters. The predicted molar refractivity (Wildman–Crippen MR) is 74.4 cm³/mol. The Morgan fingerprint density at radius 2 is 2.17 bits per heavy atom. The molecule has 5 nitrogen and oxygen atoms in total. The highest BCUT2D eigenvalue weighted by Crippen LogP contribution is 2.45. The van der Waals surface area contributed by atoms with E-state index in [4.69, 9.17) is 0 Å². The lowest BCUT2D eigenvalue weighted by atomic mass is 10.2. The number of halogens is 1. The number of hydrogen-bond donors (Lipinski definition) is 1. The molecule has 0 radical (unpaired) electrons. The van der Waals surface area contributed by atoms with E-state index in [-0.39, 0.29) is 0 Å². The number of aliphatic imine (C=N–C) groups is 2. The summed E-state index contributed by atoms with van der Waals surface area (Å²) in [6.45, 7) is 5.18. The lowest BCUT2D eigenvalue weighted by Gasteiger charge is -2.33. The van der Waals surface area contributed by atoms with Crippen LogP contribution in [0.2, 0.25) is 0 Å². The molecule has 1 spiro atoms. The molecular weight excluding hydrogens is 294 g/mol. The van der Waals surface area contributed by atoms with Crippen molar-refractivity contribution in [2.75, 3.05) is 32.7 Å². The van der Waals surface area contributed by atoms with E-state index >= 15 is 0 Å². The van der Waals surface area contributed by atoms with E-state index in [0.717, 1.165) is 53.5 Å². The number of quaternary nitrogens is 1. The Morgan fingerprint density at radius 3 is 3.00 bits per heavy atom. The SMILES string of the molecule is BrC1=CN=C(N2CCNCC2)C2=NC=CC3C[N+]123. The van der Waals surface area contributed by atoms with Gasteiger partial charge < -0.3 is 10.2 Å². The van der Waals surface area contributed by atoms with E-state index in [9.17, 15) is 0 Å². The van der Waals surface area contributed by atoms with Crippen LogP contribution in [-0.4, -0.2) is 59.8 Å². The first-order valence-corrected chi connectivity index (χ1v) is 7.14. The second-order valence-electron chi connectivity index (χ2n) is 5.05. The van der Waals surface area contributed by atoms with Crippen LogP contribution in [0.1, 0.15) is 0 Å². The molecule has 2 unspecified atom stereocenters. The number of hydrogen-bond acceptors (Lipinski definition) is 4. The first-order chi connectivity index (χ1) is 8.82. The van der Waals surface area contributed by atoms with E-state index in [1.165, 1.54) is 0 Å². The van der Waals surface area contributed by atoms with Crippen molar-refractivity contribution in [2.24, 2.45) is 9.98 Å². The van der Waals surface area contributed by atoms with Gasteiger partial charge in [0.15, 0.2) is 6.04 Å². The fraction of sp³-hybridized carbons (Fsp3) is 0.500. The van der Waals surface area contributed by atoms with Gasteiger partial charge in [-0.2, -0.15) is 0 Å². The van der Waals surface area contributed by atoms with Gasteiger partial charge in [0, 0.05) is 48.3 Å². The Hall–Kier alpha value is -0.980. The van der Waals surface area contributed by atoms with Crippen molar-refractivity contribution in [1.29, 1.82) is 0 Å².